The first-order valence-electron chi connectivity index (χ1n) is 10.1. The number of carbonyl (C=O) groups excluding carboxylic acids is 4. The lowest BCUT2D eigenvalue weighted by molar-refractivity contribution is -0.152. The molecule has 1 fully saturated rings. The number of nitrogens with zero attached hydrogens (tertiary/aromatic N) is 1. The van der Waals surface area contributed by atoms with Gasteiger partial charge < -0.3 is 15.0 Å². The minimum atomic E-state index is -0.732. The summed E-state index contributed by atoms with van der Waals surface area (Å²) in [6, 6.07) is 18.3. The Morgan fingerprint density at radius 3 is 2.29 bits per heavy atom. The summed E-state index contributed by atoms with van der Waals surface area (Å²) in [5.74, 6) is -2.06. The van der Waals surface area contributed by atoms with Crippen LogP contribution in [0.2, 0.25) is 0 Å². The van der Waals surface area contributed by atoms with Crippen LogP contribution in [0.3, 0.4) is 0 Å². The molecule has 162 valence electrons. The zero-order chi connectivity index (χ0) is 22.1. The van der Waals surface area contributed by atoms with Crippen molar-refractivity contribution in [3.05, 3.63) is 71.8 Å². The third-order valence-electron chi connectivity index (χ3n) is 4.96. The number of nitrogens with one attached hydrogen (secondary N) is 2. The average molecular weight is 423 g/mol. The second-order valence-corrected chi connectivity index (χ2v) is 7.30. The van der Waals surface area contributed by atoms with Crippen LogP contribution < -0.4 is 10.6 Å². The zero-order valence-corrected chi connectivity index (χ0v) is 17.1. The van der Waals surface area contributed by atoms with Gasteiger partial charge in [0.15, 0.2) is 6.61 Å². The lowest BCUT2D eigenvalue weighted by Crippen LogP contribution is -2.41. The number of hydrogen-bond acceptors (Lipinski definition) is 5. The molecular formula is C23H25N3O5. The predicted octanol–water partition coefficient (Wildman–Crippen LogP) is 1.65. The van der Waals surface area contributed by atoms with Crippen molar-refractivity contribution in [2.75, 3.05) is 19.7 Å². The summed E-state index contributed by atoms with van der Waals surface area (Å²) in [4.78, 5) is 49.6. The van der Waals surface area contributed by atoms with Gasteiger partial charge in [0.25, 0.3) is 5.91 Å². The van der Waals surface area contributed by atoms with Crippen LogP contribution in [0.4, 0.5) is 4.79 Å². The molecule has 1 aliphatic heterocycles. The number of hydrogen-bond donors (Lipinski definition) is 2. The summed E-state index contributed by atoms with van der Waals surface area (Å²) in [7, 11) is 0. The maximum atomic E-state index is 12.2. The van der Waals surface area contributed by atoms with E-state index >= 15 is 0 Å². The summed E-state index contributed by atoms with van der Waals surface area (Å²) in [6.45, 7) is 0.480. The van der Waals surface area contributed by atoms with Crippen molar-refractivity contribution in [1.82, 2.24) is 15.5 Å². The molecule has 3 rings (SSSR count). The van der Waals surface area contributed by atoms with Crippen LogP contribution in [0, 0.1) is 5.92 Å². The molecule has 0 aliphatic carbocycles. The molecule has 1 aliphatic rings. The first-order valence-corrected chi connectivity index (χ1v) is 10.1. The molecule has 2 aromatic rings. The highest BCUT2D eigenvalue weighted by Gasteiger charge is 2.35. The number of rotatable bonds is 8. The fourth-order valence-corrected chi connectivity index (χ4v) is 3.29. The third-order valence-corrected chi connectivity index (χ3v) is 4.96. The van der Waals surface area contributed by atoms with Crippen molar-refractivity contribution < 1.29 is 23.9 Å². The van der Waals surface area contributed by atoms with E-state index in [1.807, 2.05) is 60.7 Å². The van der Waals surface area contributed by atoms with E-state index in [-0.39, 0.29) is 25.4 Å². The largest absolute Gasteiger partial charge is 0.455 e. The molecule has 8 heteroatoms. The summed E-state index contributed by atoms with van der Waals surface area (Å²) >= 11 is 0. The second kappa shape index (κ2) is 10.9. The van der Waals surface area contributed by atoms with Gasteiger partial charge in [-0.25, -0.2) is 4.79 Å². The Morgan fingerprint density at radius 2 is 1.61 bits per heavy atom. The quantitative estimate of drug-likeness (QED) is 0.628. The monoisotopic (exact) mass is 423 g/mol. The van der Waals surface area contributed by atoms with Gasteiger partial charge in [-0.15, -0.1) is 0 Å². The standard InChI is InChI=1S/C23H25N3O5/c27-20(25-23(30)24-14-18-9-5-2-6-10-18)16-31-22(29)19-13-21(28)26(15-19)12-11-17-7-3-1-4-8-17/h1-10,19H,11-16H2,(H2,24,25,27,30)/t19-/m1/s1. The van der Waals surface area contributed by atoms with Crippen molar-refractivity contribution in [2.45, 2.75) is 19.4 Å². The van der Waals surface area contributed by atoms with Crippen LogP contribution in [-0.2, 0) is 32.1 Å². The Morgan fingerprint density at radius 1 is 0.968 bits per heavy atom. The van der Waals surface area contributed by atoms with Crippen molar-refractivity contribution in [3.8, 4) is 0 Å². The minimum Gasteiger partial charge on any atom is -0.455 e. The number of likely N-dealkylation sites (tertiary alicyclic amines) is 1. The molecule has 31 heavy (non-hydrogen) atoms. The first kappa shape index (κ1) is 22.0. The van der Waals surface area contributed by atoms with Crippen LogP contribution in [0.15, 0.2) is 60.7 Å². The molecule has 0 saturated carbocycles. The maximum absolute atomic E-state index is 12.2. The Kier molecular flexibility index (Phi) is 7.75. The molecule has 2 N–H and O–H groups in total. The van der Waals surface area contributed by atoms with Gasteiger partial charge in [-0.1, -0.05) is 60.7 Å². The number of ether oxygens (including phenoxy) is 1. The van der Waals surface area contributed by atoms with E-state index in [1.54, 1.807) is 4.90 Å². The molecule has 0 aromatic heterocycles. The van der Waals surface area contributed by atoms with Gasteiger partial charge in [0, 0.05) is 26.1 Å². The lowest BCUT2D eigenvalue weighted by Gasteiger charge is -2.16. The molecule has 0 unspecified atom stereocenters. The van der Waals surface area contributed by atoms with E-state index in [2.05, 4.69) is 10.6 Å². The smallest absolute Gasteiger partial charge is 0.321 e. The Labute approximate surface area is 180 Å². The van der Waals surface area contributed by atoms with Crippen LogP contribution in [0.1, 0.15) is 17.5 Å². The van der Waals surface area contributed by atoms with E-state index in [4.69, 9.17) is 4.74 Å². The van der Waals surface area contributed by atoms with Gasteiger partial charge in [0.1, 0.15) is 0 Å². The van der Waals surface area contributed by atoms with Gasteiger partial charge in [-0.05, 0) is 17.5 Å². The molecule has 0 spiro atoms. The molecule has 0 radical (unpaired) electrons. The van der Waals surface area contributed by atoms with Gasteiger partial charge in [0.05, 0.1) is 5.92 Å². The molecule has 1 heterocycles. The second-order valence-electron chi connectivity index (χ2n) is 7.30. The Balaban J connectivity index is 1.35. The van der Waals surface area contributed by atoms with Crippen LogP contribution in [0.25, 0.3) is 0 Å². The summed E-state index contributed by atoms with van der Waals surface area (Å²) in [6.07, 6.45) is 0.766. The van der Waals surface area contributed by atoms with Crippen molar-refractivity contribution >= 4 is 23.8 Å². The summed E-state index contributed by atoms with van der Waals surface area (Å²) in [5, 5.41) is 4.66. The molecular weight excluding hydrogens is 398 g/mol. The van der Waals surface area contributed by atoms with Crippen molar-refractivity contribution in [3.63, 3.8) is 0 Å². The molecule has 1 atom stereocenters. The molecule has 1 saturated heterocycles. The van der Waals surface area contributed by atoms with Crippen molar-refractivity contribution in [2.24, 2.45) is 5.92 Å². The minimum absolute atomic E-state index is 0.0623. The highest BCUT2D eigenvalue weighted by atomic mass is 16.5. The number of esters is 1. The Bertz CT molecular complexity index is 917. The normalized spacial score (nSPS) is 15.4. The number of carbonyl (C=O) groups is 4. The van der Waals surface area contributed by atoms with Crippen LogP contribution in [0.5, 0.6) is 0 Å². The van der Waals surface area contributed by atoms with Gasteiger partial charge in [-0.3, -0.25) is 19.7 Å². The number of amides is 4. The van der Waals surface area contributed by atoms with E-state index in [0.717, 1.165) is 11.1 Å². The fraction of sp³-hybridized carbons (Fsp3) is 0.304. The highest BCUT2D eigenvalue weighted by molar-refractivity contribution is 5.96. The Hall–Kier alpha value is -3.68. The fourth-order valence-electron chi connectivity index (χ4n) is 3.29. The summed E-state index contributed by atoms with van der Waals surface area (Å²) < 4.78 is 5.00. The summed E-state index contributed by atoms with van der Waals surface area (Å²) in [5.41, 5.74) is 2.00. The van der Waals surface area contributed by atoms with E-state index in [9.17, 15) is 19.2 Å². The van der Waals surface area contributed by atoms with E-state index in [0.29, 0.717) is 13.0 Å². The number of imide groups is 1. The first-order chi connectivity index (χ1) is 15.0. The van der Waals surface area contributed by atoms with Crippen LogP contribution in [-0.4, -0.2) is 48.4 Å². The van der Waals surface area contributed by atoms with E-state index in [1.165, 1.54) is 0 Å². The van der Waals surface area contributed by atoms with Crippen LogP contribution >= 0.6 is 0 Å². The molecule has 8 nitrogen and oxygen atoms in total. The van der Waals surface area contributed by atoms with Gasteiger partial charge >= 0.3 is 12.0 Å². The molecule has 2 aromatic carbocycles. The lowest BCUT2D eigenvalue weighted by atomic mass is 10.1. The SMILES string of the molecule is O=C(COC(=O)[C@@H]1CC(=O)N(CCc2ccccc2)C1)NC(=O)NCc1ccccc1. The van der Waals surface area contributed by atoms with Gasteiger partial charge in [-0.2, -0.15) is 0 Å². The number of benzene rings is 2. The molecule has 0 bridgehead atoms. The van der Waals surface area contributed by atoms with E-state index < -0.39 is 30.4 Å². The predicted molar refractivity (Wildman–Crippen MR) is 113 cm³/mol. The average Bonchev–Trinajstić information content (AvgIpc) is 3.16. The highest BCUT2D eigenvalue weighted by Crippen LogP contribution is 2.19. The third kappa shape index (κ3) is 6.95. The topological polar surface area (TPSA) is 105 Å². The van der Waals surface area contributed by atoms with Gasteiger partial charge in [0.2, 0.25) is 5.91 Å². The molecule has 4 amide bonds. The zero-order valence-electron chi connectivity index (χ0n) is 17.1. The number of urea groups is 1. The van der Waals surface area contributed by atoms with Crippen molar-refractivity contribution in [1.29, 1.82) is 0 Å². The maximum Gasteiger partial charge on any atom is 0.321 e.